The van der Waals surface area contributed by atoms with E-state index in [1.807, 2.05) is 6.92 Å². The van der Waals surface area contributed by atoms with Gasteiger partial charge in [0, 0.05) is 17.9 Å². The zero-order valence-electron chi connectivity index (χ0n) is 15.9. The maximum absolute atomic E-state index is 13.3. The Balaban J connectivity index is 1.90. The van der Waals surface area contributed by atoms with Crippen LogP contribution in [0.1, 0.15) is 54.4 Å². The molecule has 1 saturated heterocycles. The van der Waals surface area contributed by atoms with E-state index < -0.39 is 5.97 Å². The molecule has 5 nitrogen and oxygen atoms in total. The van der Waals surface area contributed by atoms with Gasteiger partial charge in [0.1, 0.15) is 0 Å². The van der Waals surface area contributed by atoms with Gasteiger partial charge >= 0.3 is 5.97 Å². The highest BCUT2D eigenvalue weighted by Gasteiger charge is 2.63. The molecule has 26 heavy (non-hydrogen) atoms. The van der Waals surface area contributed by atoms with Crippen LogP contribution in [0.3, 0.4) is 0 Å². The molecule has 6 heteroatoms. The highest BCUT2D eigenvalue weighted by atomic mass is 35.5. The van der Waals surface area contributed by atoms with E-state index in [1.165, 1.54) is 32.8 Å². The first-order valence-electron chi connectivity index (χ1n) is 9.37. The number of carbonyl (C=O) groups is 2. The van der Waals surface area contributed by atoms with Gasteiger partial charge in [0.05, 0.1) is 38.5 Å². The normalized spacial score (nSPS) is 20.8. The van der Waals surface area contributed by atoms with E-state index in [-0.39, 0.29) is 11.4 Å². The molecule has 0 atom stereocenters. The lowest BCUT2D eigenvalue weighted by atomic mass is 10.1. The Morgan fingerprint density at radius 1 is 1.15 bits per heavy atom. The maximum Gasteiger partial charge on any atom is 0.340 e. The van der Waals surface area contributed by atoms with E-state index in [1.54, 1.807) is 12.1 Å². The van der Waals surface area contributed by atoms with Crippen LogP contribution in [0, 0.1) is 6.92 Å². The molecule has 0 spiro atoms. The van der Waals surface area contributed by atoms with Crippen molar-refractivity contribution >= 4 is 29.2 Å². The molecule has 1 aromatic rings. The van der Waals surface area contributed by atoms with Crippen LogP contribution >= 0.6 is 11.6 Å². The Kier molecular flexibility index (Phi) is 5.31. The van der Waals surface area contributed by atoms with Crippen molar-refractivity contribution in [3.63, 3.8) is 0 Å². The number of benzene rings is 1. The van der Waals surface area contributed by atoms with Crippen molar-refractivity contribution in [2.75, 3.05) is 32.6 Å². The largest absolute Gasteiger partial charge is 0.465 e. The number of halogens is 1. The number of hydrogen-bond acceptors (Lipinski definition) is 3. The van der Waals surface area contributed by atoms with Crippen LogP contribution in [-0.4, -0.2) is 49.1 Å². The standard InChI is InChI=1S/C20H27ClN2O3/c1-14-12-15(21)13-16(18(24)26-3)17(14)22-19(25)20(8-9-20)23(2)10-6-4-5-7-11-23/h12-13H,4-11H2,1-3H3/p+1. The average molecular weight is 380 g/mol. The summed E-state index contributed by atoms with van der Waals surface area (Å²) in [6.45, 7) is 3.92. The number of anilines is 1. The van der Waals surface area contributed by atoms with Crippen molar-refractivity contribution in [3.05, 3.63) is 28.3 Å². The second-order valence-electron chi connectivity index (χ2n) is 7.88. The van der Waals surface area contributed by atoms with Crippen LogP contribution in [0.2, 0.25) is 5.02 Å². The summed E-state index contributed by atoms with van der Waals surface area (Å²) in [4.78, 5) is 25.5. The molecule has 1 heterocycles. The van der Waals surface area contributed by atoms with Crippen molar-refractivity contribution in [3.8, 4) is 0 Å². The molecule has 0 unspecified atom stereocenters. The fourth-order valence-corrected chi connectivity index (χ4v) is 4.63. The van der Waals surface area contributed by atoms with Gasteiger partial charge in [0.25, 0.3) is 5.91 Å². The molecule has 1 saturated carbocycles. The Bertz CT molecular complexity index is 720. The summed E-state index contributed by atoms with van der Waals surface area (Å²) in [5.74, 6) is -0.483. The average Bonchev–Trinajstić information content (AvgIpc) is 3.42. The lowest BCUT2D eigenvalue weighted by Crippen LogP contribution is -2.60. The minimum absolute atomic E-state index is 0.0116. The number of nitrogens with zero attached hydrogens (tertiary/aromatic N) is 1. The Morgan fingerprint density at radius 3 is 2.31 bits per heavy atom. The number of likely N-dealkylation sites (tertiary alicyclic amines) is 1. The monoisotopic (exact) mass is 379 g/mol. The molecule has 2 aliphatic rings. The van der Waals surface area contributed by atoms with E-state index in [2.05, 4.69) is 12.4 Å². The molecular weight excluding hydrogens is 352 g/mol. The fourth-order valence-electron chi connectivity index (χ4n) is 4.36. The number of hydrogen-bond donors (Lipinski definition) is 1. The molecule has 3 rings (SSSR count). The van der Waals surface area contributed by atoms with Crippen molar-refractivity contribution in [1.82, 2.24) is 0 Å². The number of amides is 1. The van der Waals surface area contributed by atoms with Crippen LogP contribution < -0.4 is 5.32 Å². The lowest BCUT2D eigenvalue weighted by molar-refractivity contribution is -0.933. The van der Waals surface area contributed by atoms with Gasteiger partial charge in [-0.15, -0.1) is 0 Å². The fraction of sp³-hybridized carbons (Fsp3) is 0.600. The van der Waals surface area contributed by atoms with Gasteiger partial charge in [-0.05, 0) is 50.3 Å². The highest BCUT2D eigenvalue weighted by Crippen LogP contribution is 2.48. The molecule has 1 aliphatic heterocycles. The summed E-state index contributed by atoms with van der Waals surface area (Å²) in [6.07, 6.45) is 6.62. The van der Waals surface area contributed by atoms with Gasteiger partial charge in [0.2, 0.25) is 0 Å². The number of rotatable bonds is 4. The van der Waals surface area contributed by atoms with E-state index in [0.717, 1.165) is 36.0 Å². The Morgan fingerprint density at radius 2 is 1.77 bits per heavy atom. The smallest absolute Gasteiger partial charge is 0.340 e. The third-order valence-electron chi connectivity index (χ3n) is 6.18. The maximum atomic E-state index is 13.3. The molecule has 1 amide bonds. The summed E-state index contributed by atoms with van der Waals surface area (Å²) >= 11 is 6.10. The van der Waals surface area contributed by atoms with Crippen molar-refractivity contribution in [1.29, 1.82) is 0 Å². The molecule has 142 valence electrons. The summed E-state index contributed by atoms with van der Waals surface area (Å²) in [6, 6.07) is 3.31. The van der Waals surface area contributed by atoms with E-state index in [9.17, 15) is 9.59 Å². The quantitative estimate of drug-likeness (QED) is 0.637. The van der Waals surface area contributed by atoms with Crippen molar-refractivity contribution < 1.29 is 18.8 Å². The summed E-state index contributed by atoms with van der Waals surface area (Å²) < 4.78 is 5.67. The summed E-state index contributed by atoms with van der Waals surface area (Å²) in [5.41, 5.74) is 1.21. The van der Waals surface area contributed by atoms with Gasteiger partial charge < -0.3 is 14.5 Å². The Labute approximate surface area is 160 Å². The topological polar surface area (TPSA) is 55.4 Å². The molecule has 1 N–H and O–H groups in total. The van der Waals surface area contributed by atoms with E-state index >= 15 is 0 Å². The zero-order valence-corrected chi connectivity index (χ0v) is 16.6. The SMILES string of the molecule is COC(=O)c1cc(Cl)cc(C)c1NC(=O)C1([N+]2(C)CCCCCC2)CC1. The number of aryl methyl sites for hydroxylation is 1. The third kappa shape index (κ3) is 3.35. The minimum atomic E-state index is -0.495. The summed E-state index contributed by atoms with van der Waals surface area (Å²) in [5, 5.41) is 3.51. The van der Waals surface area contributed by atoms with Crippen LogP contribution in [0.5, 0.6) is 0 Å². The van der Waals surface area contributed by atoms with Crippen LogP contribution in [0.25, 0.3) is 0 Å². The van der Waals surface area contributed by atoms with Crippen LogP contribution in [0.4, 0.5) is 5.69 Å². The van der Waals surface area contributed by atoms with Gasteiger partial charge in [-0.1, -0.05) is 11.6 Å². The predicted molar refractivity (Wildman–Crippen MR) is 103 cm³/mol. The zero-order chi connectivity index (χ0) is 18.9. The Hall–Kier alpha value is -1.59. The van der Waals surface area contributed by atoms with Gasteiger partial charge in [-0.2, -0.15) is 0 Å². The second-order valence-corrected chi connectivity index (χ2v) is 8.32. The van der Waals surface area contributed by atoms with E-state index in [0.29, 0.717) is 16.3 Å². The molecule has 0 aromatic heterocycles. The van der Waals surface area contributed by atoms with Crippen LogP contribution in [-0.2, 0) is 9.53 Å². The number of ether oxygens (including phenoxy) is 1. The second kappa shape index (κ2) is 7.20. The van der Waals surface area contributed by atoms with Crippen molar-refractivity contribution in [2.24, 2.45) is 0 Å². The number of carbonyl (C=O) groups excluding carboxylic acids is 2. The van der Waals surface area contributed by atoms with Crippen LogP contribution in [0.15, 0.2) is 12.1 Å². The number of esters is 1. The van der Waals surface area contributed by atoms with Gasteiger partial charge in [-0.25, -0.2) is 4.79 Å². The number of methoxy groups -OCH3 is 1. The van der Waals surface area contributed by atoms with Crippen molar-refractivity contribution in [2.45, 2.75) is 51.0 Å². The molecule has 0 bridgehead atoms. The first-order valence-corrected chi connectivity index (χ1v) is 9.75. The first kappa shape index (κ1) is 19.2. The minimum Gasteiger partial charge on any atom is -0.465 e. The molecule has 2 fully saturated rings. The van der Waals surface area contributed by atoms with Gasteiger partial charge in [0.15, 0.2) is 5.54 Å². The summed E-state index contributed by atoms with van der Waals surface area (Å²) in [7, 11) is 3.55. The number of nitrogens with one attached hydrogen (secondary N) is 1. The lowest BCUT2D eigenvalue weighted by Gasteiger charge is -2.41. The first-order chi connectivity index (χ1) is 12.3. The predicted octanol–water partition coefficient (Wildman–Crippen LogP) is 3.93. The van der Waals surface area contributed by atoms with E-state index in [4.69, 9.17) is 16.3 Å². The third-order valence-corrected chi connectivity index (χ3v) is 6.40. The highest BCUT2D eigenvalue weighted by molar-refractivity contribution is 6.31. The number of likely N-dealkylation sites (N-methyl/N-ethyl adjacent to an activating group) is 1. The molecule has 1 aliphatic carbocycles. The number of quaternary nitrogens is 1. The van der Waals surface area contributed by atoms with Gasteiger partial charge in [-0.3, -0.25) is 4.79 Å². The molecule has 1 aromatic carbocycles. The molecule has 0 radical (unpaired) electrons. The molecular formula is C20H28ClN2O3+.